The van der Waals surface area contributed by atoms with Crippen molar-refractivity contribution in [3.05, 3.63) is 27.6 Å². The van der Waals surface area contributed by atoms with Gasteiger partial charge in [0.05, 0.1) is 13.2 Å². The Morgan fingerprint density at radius 2 is 1.97 bits per heavy atom. The average Bonchev–Trinajstić information content (AvgIpc) is 3.05. The van der Waals surface area contributed by atoms with Gasteiger partial charge in [-0.15, -0.1) is 11.3 Å². The summed E-state index contributed by atoms with van der Waals surface area (Å²) in [4.78, 5) is 32.1. The Kier molecular flexibility index (Phi) is 7.14. The number of aromatic nitrogens is 2. The molecule has 0 saturated heterocycles. The molecular weight excluding hydrogens is 420 g/mol. The van der Waals surface area contributed by atoms with Crippen LogP contribution in [0.15, 0.2) is 16.3 Å². The van der Waals surface area contributed by atoms with Crippen molar-refractivity contribution in [1.29, 1.82) is 0 Å². The summed E-state index contributed by atoms with van der Waals surface area (Å²) in [7, 11) is -2.96. The molecule has 0 aliphatic carbocycles. The third-order valence-corrected chi connectivity index (χ3v) is 6.08. The van der Waals surface area contributed by atoms with Crippen molar-refractivity contribution in [2.45, 2.75) is 45.1 Å². The molecule has 2 heterocycles. The lowest BCUT2D eigenvalue weighted by molar-refractivity contribution is 0.0379. The number of rotatable bonds is 7. The molecule has 2 rings (SSSR count). The Labute approximate surface area is 172 Å². The van der Waals surface area contributed by atoms with E-state index in [1.54, 1.807) is 39.1 Å². The second kappa shape index (κ2) is 9.18. The summed E-state index contributed by atoms with van der Waals surface area (Å²) in [5.41, 5.74) is 0.916. The highest BCUT2D eigenvalue weighted by atomic mass is 32.2. The summed E-state index contributed by atoms with van der Waals surface area (Å²) in [6, 6.07) is 0.472. The molecule has 0 bridgehead atoms. The highest BCUT2D eigenvalue weighted by Crippen LogP contribution is 2.29. The van der Waals surface area contributed by atoms with Crippen molar-refractivity contribution < 1.29 is 27.5 Å². The number of esters is 1. The molecule has 2 amide bonds. The van der Waals surface area contributed by atoms with Gasteiger partial charge < -0.3 is 9.47 Å². The highest BCUT2D eigenvalue weighted by molar-refractivity contribution is 7.90. The first-order valence-electron chi connectivity index (χ1n) is 8.62. The maximum Gasteiger partial charge on any atom is 0.350 e. The van der Waals surface area contributed by atoms with Crippen LogP contribution in [0, 0.1) is 6.92 Å². The molecule has 0 unspecified atom stereocenters. The number of hydrogen-bond donors (Lipinski definition) is 2. The zero-order valence-electron chi connectivity index (χ0n) is 16.6. The second-order valence-electron chi connectivity index (χ2n) is 6.16. The van der Waals surface area contributed by atoms with E-state index in [-0.39, 0.29) is 21.6 Å². The molecule has 0 aromatic carbocycles. The van der Waals surface area contributed by atoms with Gasteiger partial charge in [-0.05, 0) is 38.1 Å². The van der Waals surface area contributed by atoms with Crippen LogP contribution in [0.1, 0.15) is 41.7 Å². The standard InChI is InChI=1S/C17H22N4O6S2/c1-6-11-8-28-13(15(22)27-9(2)3)14(11)29(24,25)21-17(23)20-16-18-10(4)7-12(19-16)26-5/h7-9H,6H2,1-5H3,(H2,18,19,20,21,23). The molecule has 29 heavy (non-hydrogen) atoms. The molecule has 10 nitrogen and oxygen atoms in total. The van der Waals surface area contributed by atoms with E-state index < -0.39 is 28.1 Å². The topological polar surface area (TPSA) is 137 Å². The number of thiophene rings is 1. The number of anilines is 1. The van der Waals surface area contributed by atoms with E-state index in [9.17, 15) is 18.0 Å². The Balaban J connectivity index is 2.29. The summed E-state index contributed by atoms with van der Waals surface area (Å²) >= 11 is 0.949. The zero-order valence-corrected chi connectivity index (χ0v) is 18.2. The number of urea groups is 1. The minimum atomic E-state index is -4.36. The number of methoxy groups -OCH3 is 1. The molecule has 0 radical (unpaired) electrons. The fraction of sp³-hybridized carbons (Fsp3) is 0.412. The van der Waals surface area contributed by atoms with Crippen LogP contribution in [0.4, 0.5) is 10.7 Å². The molecule has 12 heteroatoms. The minimum Gasteiger partial charge on any atom is -0.481 e. The smallest absolute Gasteiger partial charge is 0.350 e. The van der Waals surface area contributed by atoms with Crippen molar-refractivity contribution >= 4 is 39.3 Å². The van der Waals surface area contributed by atoms with Crippen molar-refractivity contribution in [2.24, 2.45) is 0 Å². The summed E-state index contributed by atoms with van der Waals surface area (Å²) in [5.74, 6) is -0.687. The van der Waals surface area contributed by atoms with E-state index in [1.807, 2.05) is 4.72 Å². The largest absolute Gasteiger partial charge is 0.481 e. The second-order valence-corrected chi connectivity index (χ2v) is 8.66. The van der Waals surface area contributed by atoms with Gasteiger partial charge in [-0.3, -0.25) is 5.32 Å². The monoisotopic (exact) mass is 442 g/mol. The van der Waals surface area contributed by atoms with Gasteiger partial charge in [0.25, 0.3) is 10.0 Å². The van der Waals surface area contributed by atoms with Crippen LogP contribution in [-0.2, 0) is 21.2 Å². The summed E-state index contributed by atoms with van der Waals surface area (Å²) in [6.07, 6.45) is -0.0726. The zero-order chi connectivity index (χ0) is 21.8. The predicted octanol–water partition coefficient (Wildman–Crippen LogP) is 2.49. The third kappa shape index (κ3) is 5.64. The summed E-state index contributed by atoms with van der Waals surface area (Å²) in [6.45, 7) is 6.71. The van der Waals surface area contributed by atoms with Gasteiger partial charge in [-0.2, -0.15) is 4.98 Å². The quantitative estimate of drug-likeness (QED) is 0.624. The van der Waals surface area contributed by atoms with Crippen LogP contribution in [0.5, 0.6) is 5.88 Å². The van der Waals surface area contributed by atoms with Gasteiger partial charge in [-0.25, -0.2) is 27.7 Å². The summed E-state index contributed by atoms with van der Waals surface area (Å²) in [5, 5.41) is 3.80. The fourth-order valence-corrected chi connectivity index (χ4v) is 5.08. The molecule has 2 N–H and O–H groups in total. The lowest BCUT2D eigenvalue weighted by atomic mass is 10.2. The van der Waals surface area contributed by atoms with Crippen LogP contribution in [0.2, 0.25) is 0 Å². The molecule has 2 aromatic heterocycles. The van der Waals surface area contributed by atoms with Crippen LogP contribution < -0.4 is 14.8 Å². The molecule has 0 atom stereocenters. The summed E-state index contributed by atoms with van der Waals surface area (Å²) < 4.78 is 37.7. The normalized spacial score (nSPS) is 11.2. The number of nitrogens with one attached hydrogen (secondary N) is 2. The first-order chi connectivity index (χ1) is 13.6. The predicted molar refractivity (Wildman–Crippen MR) is 107 cm³/mol. The molecule has 0 aliphatic heterocycles. The van der Waals surface area contributed by atoms with E-state index in [2.05, 4.69) is 15.3 Å². The van der Waals surface area contributed by atoms with Crippen LogP contribution in [0.3, 0.4) is 0 Å². The van der Waals surface area contributed by atoms with Gasteiger partial charge in [0.1, 0.15) is 9.77 Å². The molecule has 0 saturated carbocycles. The fourth-order valence-electron chi connectivity index (χ4n) is 2.33. The van der Waals surface area contributed by atoms with Crippen LogP contribution >= 0.6 is 11.3 Å². The van der Waals surface area contributed by atoms with E-state index >= 15 is 0 Å². The first kappa shape index (κ1) is 22.6. The van der Waals surface area contributed by atoms with Gasteiger partial charge >= 0.3 is 12.0 Å². The third-order valence-electron chi connectivity index (χ3n) is 3.49. The number of hydrogen-bond acceptors (Lipinski definition) is 9. The maximum atomic E-state index is 12.8. The number of sulfonamides is 1. The first-order valence-corrected chi connectivity index (χ1v) is 11.0. The van der Waals surface area contributed by atoms with Crippen LogP contribution in [0.25, 0.3) is 0 Å². The molecule has 0 spiro atoms. The minimum absolute atomic E-state index is 0.0932. The SMILES string of the molecule is CCc1csc(C(=O)OC(C)C)c1S(=O)(=O)NC(=O)Nc1nc(C)cc(OC)n1. The molecule has 0 fully saturated rings. The van der Waals surface area contributed by atoms with Gasteiger partial charge in [-0.1, -0.05) is 6.92 Å². The number of carbonyl (C=O) groups excluding carboxylic acids is 2. The Hall–Kier alpha value is -2.73. The number of aryl methyl sites for hydroxylation is 2. The Morgan fingerprint density at radius 3 is 2.55 bits per heavy atom. The van der Waals surface area contributed by atoms with Crippen molar-refractivity contribution in [2.75, 3.05) is 12.4 Å². The lowest BCUT2D eigenvalue weighted by Crippen LogP contribution is -2.36. The number of amides is 2. The number of ether oxygens (including phenoxy) is 2. The maximum absolute atomic E-state index is 12.8. The molecular formula is C17H22N4O6S2. The molecule has 0 aliphatic rings. The highest BCUT2D eigenvalue weighted by Gasteiger charge is 2.30. The van der Waals surface area contributed by atoms with Crippen molar-refractivity contribution in [1.82, 2.24) is 14.7 Å². The van der Waals surface area contributed by atoms with Gasteiger partial charge in [0.2, 0.25) is 11.8 Å². The number of nitrogens with zero attached hydrogens (tertiary/aromatic N) is 2. The van der Waals surface area contributed by atoms with E-state index in [0.717, 1.165) is 11.3 Å². The van der Waals surface area contributed by atoms with Crippen molar-refractivity contribution in [3.63, 3.8) is 0 Å². The Morgan fingerprint density at radius 1 is 1.28 bits per heavy atom. The van der Waals surface area contributed by atoms with E-state index in [4.69, 9.17) is 9.47 Å². The van der Waals surface area contributed by atoms with Gasteiger partial charge in [0.15, 0.2) is 0 Å². The molecule has 2 aromatic rings. The average molecular weight is 443 g/mol. The van der Waals surface area contributed by atoms with E-state index in [0.29, 0.717) is 17.7 Å². The van der Waals surface area contributed by atoms with Crippen LogP contribution in [-0.4, -0.2) is 43.6 Å². The number of carbonyl (C=O) groups is 2. The Bertz CT molecular complexity index is 1020. The van der Waals surface area contributed by atoms with E-state index in [1.165, 1.54) is 7.11 Å². The van der Waals surface area contributed by atoms with Gasteiger partial charge in [0, 0.05) is 11.8 Å². The van der Waals surface area contributed by atoms with Crippen molar-refractivity contribution in [3.8, 4) is 5.88 Å². The molecule has 158 valence electrons. The lowest BCUT2D eigenvalue weighted by Gasteiger charge is -2.12.